The Morgan fingerprint density at radius 1 is 1.12 bits per heavy atom. The van der Waals surface area contributed by atoms with Crippen LogP contribution in [0.5, 0.6) is 0 Å². The van der Waals surface area contributed by atoms with E-state index in [2.05, 4.69) is 31.1 Å². The average Bonchev–Trinajstić information content (AvgIpc) is 3.30. The van der Waals surface area contributed by atoms with Crippen molar-refractivity contribution in [2.45, 2.75) is 85.2 Å². The number of rotatable bonds is 8. The van der Waals surface area contributed by atoms with Gasteiger partial charge in [0.1, 0.15) is 0 Å². The number of carbonyl (C=O) groups excluding carboxylic acids is 3. The van der Waals surface area contributed by atoms with Gasteiger partial charge >= 0.3 is 0 Å². The summed E-state index contributed by atoms with van der Waals surface area (Å²) in [6, 6.07) is -0.361. The third kappa shape index (κ3) is 12.0. The van der Waals surface area contributed by atoms with Gasteiger partial charge in [0.05, 0.1) is 25.2 Å². The normalized spacial score (nSPS) is 19.4. The maximum absolute atomic E-state index is 12.6. The highest BCUT2D eigenvalue weighted by Crippen LogP contribution is 2.21. The van der Waals surface area contributed by atoms with Gasteiger partial charge in [0, 0.05) is 19.2 Å². The lowest BCUT2D eigenvalue weighted by molar-refractivity contribution is -0.132. The fourth-order valence-corrected chi connectivity index (χ4v) is 4.07. The molecule has 0 unspecified atom stereocenters. The summed E-state index contributed by atoms with van der Waals surface area (Å²) in [5.74, 6) is -0.194. The molecular formula is C26H50N4O4. The predicted molar refractivity (Wildman–Crippen MR) is 138 cm³/mol. The monoisotopic (exact) mass is 482 g/mol. The van der Waals surface area contributed by atoms with E-state index in [1.54, 1.807) is 29.8 Å². The van der Waals surface area contributed by atoms with E-state index in [-0.39, 0.29) is 43.0 Å². The molecule has 0 aliphatic carbocycles. The summed E-state index contributed by atoms with van der Waals surface area (Å²) in [6.07, 6.45) is 9.53. The zero-order valence-electron chi connectivity index (χ0n) is 22.7. The van der Waals surface area contributed by atoms with Crippen LogP contribution in [0.1, 0.15) is 73.1 Å². The van der Waals surface area contributed by atoms with Crippen molar-refractivity contribution in [1.82, 2.24) is 20.0 Å². The minimum Gasteiger partial charge on any atom is -0.394 e. The summed E-state index contributed by atoms with van der Waals surface area (Å²) < 4.78 is 0. The second-order valence-electron chi connectivity index (χ2n) is 9.64. The fraction of sp³-hybridized carbons (Fsp3) is 0.808. The molecule has 2 aliphatic heterocycles. The molecule has 0 aromatic heterocycles. The van der Waals surface area contributed by atoms with Crippen LogP contribution in [0.2, 0.25) is 0 Å². The number of hydrogen-bond acceptors (Lipinski definition) is 5. The fourth-order valence-electron chi connectivity index (χ4n) is 4.07. The molecule has 198 valence electrons. The number of piperidine rings is 1. The van der Waals surface area contributed by atoms with Crippen molar-refractivity contribution in [3.8, 4) is 0 Å². The number of hydrogen-bond donors (Lipinski definition) is 2. The molecule has 0 aromatic rings. The van der Waals surface area contributed by atoms with Crippen molar-refractivity contribution < 1.29 is 19.5 Å². The maximum Gasteiger partial charge on any atom is 0.249 e. The second-order valence-corrected chi connectivity index (χ2v) is 9.64. The average molecular weight is 483 g/mol. The van der Waals surface area contributed by atoms with Gasteiger partial charge < -0.3 is 25.1 Å². The van der Waals surface area contributed by atoms with Crippen LogP contribution in [0.3, 0.4) is 0 Å². The SMILES string of the molecule is C/C(=C\[C@H](C(C)C)N(C)C(=O)CNC=O)C(=O)N1CCC[C@H]1CO.CCC.CN1CCCCC1. The first-order valence-corrected chi connectivity index (χ1v) is 12.9. The van der Waals surface area contributed by atoms with E-state index in [1.165, 1.54) is 38.8 Å². The molecule has 3 amide bonds. The van der Waals surface area contributed by atoms with Gasteiger partial charge in [-0.25, -0.2) is 0 Å². The van der Waals surface area contributed by atoms with Gasteiger partial charge in [0.2, 0.25) is 18.2 Å². The number of likely N-dealkylation sites (N-methyl/N-ethyl adjacent to an activating group) is 1. The first-order valence-electron chi connectivity index (χ1n) is 12.9. The van der Waals surface area contributed by atoms with E-state index >= 15 is 0 Å². The molecule has 2 saturated heterocycles. The van der Waals surface area contributed by atoms with Gasteiger partial charge in [-0.3, -0.25) is 14.4 Å². The van der Waals surface area contributed by atoms with Crippen LogP contribution >= 0.6 is 0 Å². The largest absolute Gasteiger partial charge is 0.394 e. The Morgan fingerprint density at radius 2 is 1.71 bits per heavy atom. The molecule has 2 atom stereocenters. The zero-order chi connectivity index (χ0) is 26.1. The summed E-state index contributed by atoms with van der Waals surface area (Å²) in [5.41, 5.74) is 0.567. The number of nitrogens with zero attached hydrogens (tertiary/aromatic N) is 3. The molecule has 2 aliphatic rings. The number of amides is 3. The molecule has 0 radical (unpaired) electrons. The lowest BCUT2D eigenvalue weighted by Gasteiger charge is -2.30. The van der Waals surface area contributed by atoms with E-state index < -0.39 is 0 Å². The van der Waals surface area contributed by atoms with Crippen LogP contribution < -0.4 is 5.32 Å². The molecule has 8 heteroatoms. The smallest absolute Gasteiger partial charge is 0.249 e. The van der Waals surface area contributed by atoms with Gasteiger partial charge in [-0.1, -0.05) is 46.6 Å². The highest BCUT2D eigenvalue weighted by atomic mass is 16.3. The number of likely N-dealkylation sites (tertiary alicyclic amines) is 2. The van der Waals surface area contributed by atoms with Crippen molar-refractivity contribution in [1.29, 1.82) is 0 Å². The number of carbonyl (C=O) groups is 3. The molecular weight excluding hydrogens is 432 g/mol. The molecule has 0 bridgehead atoms. The van der Waals surface area contributed by atoms with Crippen molar-refractivity contribution in [2.24, 2.45) is 5.92 Å². The number of aliphatic hydroxyl groups excluding tert-OH is 1. The molecule has 2 heterocycles. The summed E-state index contributed by atoms with van der Waals surface area (Å²) in [4.78, 5) is 40.7. The molecule has 0 aromatic carbocycles. The molecule has 2 rings (SSSR count). The Kier molecular flexibility index (Phi) is 17.4. The third-order valence-electron chi connectivity index (χ3n) is 6.05. The minimum atomic E-state index is -0.245. The van der Waals surface area contributed by atoms with Crippen LogP contribution in [0.25, 0.3) is 0 Å². The standard InChI is InChI=1S/C17H29N3O4.C6H13N.C3H8/c1-12(2)15(19(4)16(23)9-18-11-22)8-13(3)17(24)20-7-5-6-14(20)10-21;1-7-5-3-2-4-6-7;1-3-2/h8,11-12,14-15,21H,5-7,9-10H2,1-4H3,(H,18,22);2-6H2,1H3;3H2,1-2H3/b13-8+;;/t14-,15+;;/m0../s1. The van der Waals surface area contributed by atoms with Gasteiger partial charge in [-0.2, -0.15) is 0 Å². The quantitative estimate of drug-likeness (QED) is 0.410. The number of aliphatic hydroxyl groups is 1. The summed E-state index contributed by atoms with van der Waals surface area (Å²) >= 11 is 0. The van der Waals surface area contributed by atoms with Crippen molar-refractivity contribution >= 4 is 18.2 Å². The Bertz CT molecular complexity index is 618. The molecule has 0 spiro atoms. The summed E-state index contributed by atoms with van der Waals surface area (Å²) in [5, 5.41) is 11.7. The lowest BCUT2D eigenvalue weighted by Crippen LogP contribution is -2.44. The predicted octanol–water partition coefficient (Wildman–Crippen LogP) is 2.66. The van der Waals surface area contributed by atoms with Crippen LogP contribution in [-0.2, 0) is 14.4 Å². The topological polar surface area (TPSA) is 93.2 Å². The van der Waals surface area contributed by atoms with Crippen LogP contribution in [-0.4, -0.2) is 97.0 Å². The zero-order valence-corrected chi connectivity index (χ0v) is 22.7. The molecule has 34 heavy (non-hydrogen) atoms. The lowest BCUT2D eigenvalue weighted by atomic mass is 9.99. The summed E-state index contributed by atoms with van der Waals surface area (Å²) in [6.45, 7) is 13.1. The Morgan fingerprint density at radius 3 is 2.15 bits per heavy atom. The van der Waals surface area contributed by atoms with Gasteiger partial charge in [-0.05, 0) is 58.7 Å². The minimum absolute atomic E-state index is 0.0254. The van der Waals surface area contributed by atoms with E-state index in [4.69, 9.17) is 0 Å². The number of nitrogens with one attached hydrogen (secondary N) is 1. The maximum atomic E-state index is 12.6. The molecule has 2 fully saturated rings. The van der Waals surface area contributed by atoms with Gasteiger partial charge in [0.15, 0.2) is 0 Å². The van der Waals surface area contributed by atoms with E-state index in [0.717, 1.165) is 12.8 Å². The van der Waals surface area contributed by atoms with Crippen molar-refractivity contribution in [3.63, 3.8) is 0 Å². The Hall–Kier alpha value is -1.93. The second kappa shape index (κ2) is 18.4. The van der Waals surface area contributed by atoms with Crippen molar-refractivity contribution in [2.75, 3.05) is 46.9 Å². The van der Waals surface area contributed by atoms with Crippen molar-refractivity contribution in [3.05, 3.63) is 11.6 Å². The van der Waals surface area contributed by atoms with E-state index in [0.29, 0.717) is 18.5 Å². The van der Waals surface area contributed by atoms with E-state index in [9.17, 15) is 19.5 Å². The van der Waals surface area contributed by atoms with Gasteiger partial charge in [-0.15, -0.1) is 0 Å². The Balaban J connectivity index is 0.000000899. The third-order valence-corrected chi connectivity index (χ3v) is 6.05. The van der Waals surface area contributed by atoms with Crippen LogP contribution in [0.4, 0.5) is 0 Å². The highest BCUT2D eigenvalue weighted by Gasteiger charge is 2.30. The Labute approximate surface area is 207 Å². The molecule has 2 N–H and O–H groups in total. The van der Waals surface area contributed by atoms with Gasteiger partial charge in [0.25, 0.3) is 0 Å². The first kappa shape index (κ1) is 32.1. The van der Waals surface area contributed by atoms with E-state index in [1.807, 2.05) is 13.8 Å². The molecule has 0 saturated carbocycles. The summed E-state index contributed by atoms with van der Waals surface area (Å²) in [7, 11) is 3.86. The first-order chi connectivity index (χ1) is 16.1. The highest BCUT2D eigenvalue weighted by molar-refractivity contribution is 5.93. The molecule has 8 nitrogen and oxygen atoms in total. The van der Waals surface area contributed by atoms with Crippen LogP contribution in [0.15, 0.2) is 11.6 Å². The van der Waals surface area contributed by atoms with Crippen LogP contribution in [0, 0.1) is 5.92 Å².